The van der Waals surface area contributed by atoms with Crippen LogP contribution in [0.15, 0.2) is 0 Å². The van der Waals surface area contributed by atoms with Crippen LogP contribution in [-0.2, 0) is 28.6 Å². The molecule has 0 aromatic carbocycles. The van der Waals surface area contributed by atoms with Crippen molar-refractivity contribution in [1.29, 1.82) is 0 Å². The first-order valence-corrected chi connectivity index (χ1v) is 31.8. The quantitative estimate of drug-likeness (QED) is 0.0343. The Morgan fingerprint density at radius 2 is 0.543 bits per heavy atom. The Hall–Kier alpha value is -1.59. The molecule has 0 amide bonds. The zero-order valence-electron chi connectivity index (χ0n) is 48.3. The number of hydrogen-bond acceptors (Lipinski definition) is 6. The Bertz CT molecular complexity index is 1020. The maximum absolute atomic E-state index is 12.8. The van der Waals surface area contributed by atoms with Gasteiger partial charge in [-0.3, -0.25) is 14.4 Å². The van der Waals surface area contributed by atoms with Gasteiger partial charge in [0.1, 0.15) is 6.10 Å². The Labute approximate surface area is 438 Å². The maximum atomic E-state index is 12.8. The van der Waals surface area contributed by atoms with Crippen LogP contribution in [0.25, 0.3) is 0 Å². The smallest absolute Gasteiger partial charge is 0.306 e. The third-order valence-electron chi connectivity index (χ3n) is 15.1. The minimum atomic E-state index is 0.00293. The number of carbonyl (C=O) groups excluding carboxylic acids is 3. The number of carbonyl (C=O) groups is 3. The molecule has 0 aliphatic rings. The minimum Gasteiger partial charge on any atom is -0.465 e. The molecule has 0 aromatic heterocycles. The molecular formula is C64H124O6. The highest BCUT2D eigenvalue weighted by molar-refractivity contribution is 5.70. The molecule has 0 aromatic rings. The van der Waals surface area contributed by atoms with Crippen LogP contribution >= 0.6 is 0 Å². The molecule has 6 heteroatoms. The van der Waals surface area contributed by atoms with Crippen LogP contribution in [0.5, 0.6) is 0 Å². The first-order chi connectivity index (χ1) is 34.2. The lowest BCUT2D eigenvalue weighted by Crippen LogP contribution is -2.18. The standard InChI is InChI=1S/C64H124O6/c1-7-11-15-19-31-39-49-59(47-37-17-13-9-3)56-68-62(65)53-43-35-29-25-21-23-27-33-41-51-61(70-64(67)55-45-46-58(5)6)52-42-34-28-24-22-26-30-36-44-54-63(66)69-57-60(48-38-18-14-10-4)50-40-32-20-16-12-8-2/h58-61H,7-57H2,1-6H3. The highest BCUT2D eigenvalue weighted by Gasteiger charge is 2.16. The Kier molecular flexibility index (Phi) is 53.9. The first-order valence-electron chi connectivity index (χ1n) is 31.8. The fourth-order valence-electron chi connectivity index (χ4n) is 10.3. The maximum Gasteiger partial charge on any atom is 0.306 e. The Morgan fingerprint density at radius 3 is 0.857 bits per heavy atom. The van der Waals surface area contributed by atoms with E-state index in [4.69, 9.17) is 14.2 Å². The highest BCUT2D eigenvalue weighted by Crippen LogP contribution is 2.23. The van der Waals surface area contributed by atoms with Crippen molar-refractivity contribution in [2.75, 3.05) is 13.2 Å². The molecule has 0 N–H and O–H groups in total. The second-order valence-electron chi connectivity index (χ2n) is 22.7. The molecule has 2 unspecified atom stereocenters. The first kappa shape index (κ1) is 68.4. The summed E-state index contributed by atoms with van der Waals surface area (Å²) < 4.78 is 17.7. The van der Waals surface area contributed by atoms with Crippen LogP contribution in [0.2, 0.25) is 0 Å². The highest BCUT2D eigenvalue weighted by atomic mass is 16.5. The van der Waals surface area contributed by atoms with E-state index in [1.807, 2.05) is 0 Å². The fourth-order valence-corrected chi connectivity index (χ4v) is 10.3. The summed E-state index contributed by atoms with van der Waals surface area (Å²) in [4.78, 5) is 37.9. The summed E-state index contributed by atoms with van der Waals surface area (Å²) in [5, 5.41) is 0. The van der Waals surface area contributed by atoms with Gasteiger partial charge in [-0.2, -0.15) is 0 Å². The van der Waals surface area contributed by atoms with Crippen LogP contribution in [0.1, 0.15) is 356 Å². The van der Waals surface area contributed by atoms with Crippen LogP contribution < -0.4 is 0 Å². The molecule has 0 saturated carbocycles. The predicted molar refractivity (Wildman–Crippen MR) is 303 cm³/mol. The monoisotopic (exact) mass is 989 g/mol. The normalized spacial score (nSPS) is 12.9. The molecule has 416 valence electrons. The van der Waals surface area contributed by atoms with Gasteiger partial charge in [-0.15, -0.1) is 0 Å². The third-order valence-corrected chi connectivity index (χ3v) is 15.1. The molecule has 0 fully saturated rings. The molecule has 0 heterocycles. The van der Waals surface area contributed by atoms with Crippen LogP contribution in [0.4, 0.5) is 0 Å². The molecule has 0 radical (unpaired) electrons. The lowest BCUT2D eigenvalue weighted by atomic mass is 9.95. The van der Waals surface area contributed by atoms with Gasteiger partial charge < -0.3 is 14.2 Å². The summed E-state index contributed by atoms with van der Waals surface area (Å²) >= 11 is 0. The van der Waals surface area contributed by atoms with E-state index in [-0.39, 0.29) is 24.0 Å². The van der Waals surface area contributed by atoms with Gasteiger partial charge >= 0.3 is 17.9 Å². The summed E-state index contributed by atoms with van der Waals surface area (Å²) in [7, 11) is 0. The van der Waals surface area contributed by atoms with Crippen LogP contribution in [0, 0.1) is 17.8 Å². The zero-order chi connectivity index (χ0) is 51.2. The second-order valence-corrected chi connectivity index (χ2v) is 22.7. The molecule has 0 spiro atoms. The second kappa shape index (κ2) is 55.2. The topological polar surface area (TPSA) is 78.9 Å². The average molecular weight is 990 g/mol. The van der Waals surface area contributed by atoms with Gasteiger partial charge in [0.2, 0.25) is 0 Å². The SMILES string of the molecule is CCCCCCCCC(CCCCCC)COC(=O)CCCCCCCCCCCC(CCCCCCCCCCCC(=O)OCC(CCCCCC)CCCCCCCC)OC(=O)CCCC(C)C. The van der Waals surface area contributed by atoms with E-state index in [1.165, 1.54) is 231 Å². The van der Waals surface area contributed by atoms with Gasteiger partial charge in [0, 0.05) is 19.3 Å². The van der Waals surface area contributed by atoms with Crippen molar-refractivity contribution in [3.8, 4) is 0 Å². The van der Waals surface area contributed by atoms with Crippen molar-refractivity contribution in [2.24, 2.45) is 17.8 Å². The molecule has 0 aliphatic carbocycles. The van der Waals surface area contributed by atoms with Crippen molar-refractivity contribution >= 4 is 17.9 Å². The molecule has 0 rings (SSSR count). The summed E-state index contributed by atoms with van der Waals surface area (Å²) in [6.45, 7) is 14.8. The van der Waals surface area contributed by atoms with Crippen LogP contribution in [0.3, 0.4) is 0 Å². The number of unbranched alkanes of at least 4 members (excludes halogenated alkanes) is 32. The van der Waals surface area contributed by atoms with Gasteiger partial charge in [-0.05, 0) is 88.4 Å². The summed E-state index contributed by atoms with van der Waals surface area (Å²) in [5.74, 6) is 1.74. The van der Waals surface area contributed by atoms with E-state index in [1.54, 1.807) is 0 Å². The molecule has 70 heavy (non-hydrogen) atoms. The zero-order valence-corrected chi connectivity index (χ0v) is 48.3. The number of ether oxygens (including phenoxy) is 3. The number of hydrogen-bond donors (Lipinski definition) is 0. The van der Waals surface area contributed by atoms with Gasteiger partial charge in [-0.25, -0.2) is 0 Å². The van der Waals surface area contributed by atoms with Gasteiger partial charge in [0.05, 0.1) is 13.2 Å². The van der Waals surface area contributed by atoms with Gasteiger partial charge in [-0.1, -0.05) is 266 Å². The third kappa shape index (κ3) is 51.3. The summed E-state index contributed by atoms with van der Waals surface area (Å²) in [6.07, 6.45) is 58.2. The fraction of sp³-hybridized carbons (Fsp3) is 0.953. The summed E-state index contributed by atoms with van der Waals surface area (Å²) in [5.41, 5.74) is 0. The molecule has 0 bridgehead atoms. The van der Waals surface area contributed by atoms with Crippen molar-refractivity contribution in [1.82, 2.24) is 0 Å². The Morgan fingerprint density at radius 1 is 0.286 bits per heavy atom. The van der Waals surface area contributed by atoms with Gasteiger partial charge in [0.25, 0.3) is 0 Å². The van der Waals surface area contributed by atoms with E-state index in [2.05, 4.69) is 41.5 Å². The van der Waals surface area contributed by atoms with E-state index in [9.17, 15) is 14.4 Å². The molecule has 6 nitrogen and oxygen atoms in total. The van der Waals surface area contributed by atoms with Crippen molar-refractivity contribution in [3.63, 3.8) is 0 Å². The molecule has 2 atom stereocenters. The average Bonchev–Trinajstić information content (AvgIpc) is 3.34. The summed E-state index contributed by atoms with van der Waals surface area (Å²) in [6, 6.07) is 0. The lowest BCUT2D eigenvalue weighted by Gasteiger charge is -2.18. The van der Waals surface area contributed by atoms with Crippen molar-refractivity contribution in [2.45, 2.75) is 362 Å². The van der Waals surface area contributed by atoms with E-state index >= 15 is 0 Å². The lowest BCUT2D eigenvalue weighted by molar-refractivity contribution is -0.150. The van der Waals surface area contributed by atoms with Gasteiger partial charge in [0.15, 0.2) is 0 Å². The number of rotatable bonds is 57. The van der Waals surface area contributed by atoms with Crippen LogP contribution in [-0.4, -0.2) is 37.2 Å². The van der Waals surface area contributed by atoms with E-state index in [0.717, 1.165) is 64.2 Å². The van der Waals surface area contributed by atoms with E-state index in [0.29, 0.717) is 50.2 Å². The minimum absolute atomic E-state index is 0.00293. The molecule has 0 aliphatic heterocycles. The molecular weight excluding hydrogens is 865 g/mol. The number of esters is 3. The largest absolute Gasteiger partial charge is 0.465 e. The van der Waals surface area contributed by atoms with Crippen molar-refractivity contribution in [3.05, 3.63) is 0 Å². The molecule has 0 saturated heterocycles. The predicted octanol–water partition coefficient (Wildman–Crippen LogP) is 21.1. The Balaban J connectivity index is 4.24. The van der Waals surface area contributed by atoms with E-state index < -0.39 is 0 Å². The van der Waals surface area contributed by atoms with Crippen molar-refractivity contribution < 1.29 is 28.6 Å².